The van der Waals surface area contributed by atoms with Crippen molar-refractivity contribution >= 4 is 5.69 Å². The van der Waals surface area contributed by atoms with Gasteiger partial charge in [-0.25, -0.2) is 0 Å². The highest BCUT2D eigenvalue weighted by atomic mass is 16.5. The normalized spacial score (nSPS) is 10.9. The number of benzene rings is 1. The number of unbranched alkanes of at least 4 members (excludes halogenated alkanes) is 1. The minimum atomic E-state index is -0.200. The van der Waals surface area contributed by atoms with Gasteiger partial charge in [-0.05, 0) is 38.8 Å². The molecule has 3 heteroatoms. The molecule has 0 saturated heterocycles. The van der Waals surface area contributed by atoms with Crippen molar-refractivity contribution in [3.8, 4) is 11.8 Å². The number of anilines is 1. The van der Waals surface area contributed by atoms with Gasteiger partial charge < -0.3 is 9.64 Å². The van der Waals surface area contributed by atoms with Crippen molar-refractivity contribution in [3.63, 3.8) is 0 Å². The van der Waals surface area contributed by atoms with Gasteiger partial charge in [0.1, 0.15) is 5.75 Å². The molecule has 0 spiro atoms. The van der Waals surface area contributed by atoms with Crippen LogP contribution in [0.2, 0.25) is 0 Å². The first kappa shape index (κ1) is 15.4. The maximum atomic E-state index is 8.96. The maximum absolute atomic E-state index is 8.96. The van der Waals surface area contributed by atoms with Gasteiger partial charge >= 0.3 is 0 Å². The van der Waals surface area contributed by atoms with Crippen LogP contribution in [0.25, 0.3) is 0 Å². The molecule has 0 fully saturated rings. The van der Waals surface area contributed by atoms with Gasteiger partial charge in [0.15, 0.2) is 0 Å². The molecule has 0 aliphatic rings. The molecule has 0 radical (unpaired) electrons. The van der Waals surface area contributed by atoms with Crippen LogP contribution in [-0.4, -0.2) is 20.7 Å². The number of hydrogen-bond donors (Lipinski definition) is 0. The van der Waals surface area contributed by atoms with Gasteiger partial charge in [-0.2, -0.15) is 5.26 Å². The molecule has 19 heavy (non-hydrogen) atoms. The number of nitriles is 1. The molecule has 1 aromatic carbocycles. The fourth-order valence-corrected chi connectivity index (χ4v) is 1.95. The molecule has 0 bridgehead atoms. The van der Waals surface area contributed by atoms with Crippen molar-refractivity contribution in [3.05, 3.63) is 24.3 Å². The molecule has 0 aromatic heterocycles. The minimum Gasteiger partial charge on any atom is -0.497 e. The van der Waals surface area contributed by atoms with Gasteiger partial charge in [0.2, 0.25) is 0 Å². The Bertz CT molecular complexity index is 435. The van der Waals surface area contributed by atoms with E-state index in [0.717, 1.165) is 31.6 Å². The van der Waals surface area contributed by atoms with Crippen LogP contribution in [0.1, 0.15) is 33.1 Å². The average molecular weight is 260 g/mol. The Labute approximate surface area is 116 Å². The van der Waals surface area contributed by atoms with Crippen molar-refractivity contribution in [2.45, 2.75) is 33.1 Å². The summed E-state index contributed by atoms with van der Waals surface area (Å²) in [4.78, 5) is 2.22. The predicted molar refractivity (Wildman–Crippen MR) is 79.5 cm³/mol. The standard InChI is InChI=1S/C16H24N2O/c1-16(2,13-17)10-5-6-11-18(3)14-8-7-9-15(12-14)19-4/h7-9,12H,5-6,10-11H2,1-4H3. The third-order valence-electron chi connectivity index (χ3n) is 3.34. The molecule has 0 aliphatic carbocycles. The second-order valence-corrected chi connectivity index (χ2v) is 5.58. The number of rotatable bonds is 7. The molecule has 0 unspecified atom stereocenters. The number of hydrogen-bond acceptors (Lipinski definition) is 3. The molecule has 0 amide bonds. The lowest BCUT2D eigenvalue weighted by Gasteiger charge is -2.21. The third kappa shape index (κ3) is 5.21. The summed E-state index contributed by atoms with van der Waals surface area (Å²) in [7, 11) is 3.77. The molecular formula is C16H24N2O. The smallest absolute Gasteiger partial charge is 0.120 e. The Hall–Kier alpha value is -1.69. The van der Waals surface area contributed by atoms with E-state index >= 15 is 0 Å². The Balaban J connectivity index is 2.39. The quantitative estimate of drug-likeness (QED) is 0.699. The molecule has 0 saturated carbocycles. The summed E-state index contributed by atoms with van der Waals surface area (Å²) in [5.74, 6) is 0.884. The van der Waals surface area contributed by atoms with Crippen LogP contribution in [0.15, 0.2) is 24.3 Å². The van der Waals surface area contributed by atoms with E-state index < -0.39 is 0 Å². The fraction of sp³-hybridized carbons (Fsp3) is 0.562. The summed E-state index contributed by atoms with van der Waals surface area (Å²) in [6, 6.07) is 10.4. The van der Waals surface area contributed by atoms with Gasteiger partial charge in [0.25, 0.3) is 0 Å². The van der Waals surface area contributed by atoms with E-state index in [-0.39, 0.29) is 5.41 Å². The molecule has 3 nitrogen and oxygen atoms in total. The SMILES string of the molecule is COc1cccc(N(C)CCCCC(C)(C)C#N)c1. The highest BCUT2D eigenvalue weighted by Crippen LogP contribution is 2.23. The van der Waals surface area contributed by atoms with E-state index in [2.05, 4.69) is 24.1 Å². The molecule has 0 N–H and O–H groups in total. The summed E-state index contributed by atoms with van der Waals surface area (Å²) in [5, 5.41) is 8.96. The highest BCUT2D eigenvalue weighted by molar-refractivity contribution is 5.49. The van der Waals surface area contributed by atoms with E-state index in [9.17, 15) is 0 Å². The zero-order valence-electron chi connectivity index (χ0n) is 12.4. The topological polar surface area (TPSA) is 36.3 Å². The van der Waals surface area contributed by atoms with Crippen LogP contribution in [0.3, 0.4) is 0 Å². The average Bonchev–Trinajstić information content (AvgIpc) is 2.43. The first-order chi connectivity index (χ1) is 8.98. The van der Waals surface area contributed by atoms with Crippen LogP contribution in [0.4, 0.5) is 5.69 Å². The summed E-state index contributed by atoms with van der Waals surface area (Å²) in [6.07, 6.45) is 3.13. The van der Waals surface area contributed by atoms with Crippen molar-refractivity contribution in [1.82, 2.24) is 0 Å². The molecule has 0 atom stereocenters. The Morgan fingerprint density at radius 2 is 2.05 bits per heavy atom. The summed E-state index contributed by atoms with van der Waals surface area (Å²) < 4.78 is 5.23. The summed E-state index contributed by atoms with van der Waals surface area (Å²) in [5.41, 5.74) is 0.966. The Kier molecular flexibility index (Phi) is 5.69. The number of ether oxygens (including phenoxy) is 1. The van der Waals surface area contributed by atoms with Gasteiger partial charge in [-0.15, -0.1) is 0 Å². The monoisotopic (exact) mass is 260 g/mol. The molecule has 1 aromatic rings. The maximum Gasteiger partial charge on any atom is 0.120 e. The van der Waals surface area contributed by atoms with Crippen LogP contribution in [0.5, 0.6) is 5.75 Å². The van der Waals surface area contributed by atoms with Gasteiger partial charge in [-0.1, -0.05) is 12.5 Å². The van der Waals surface area contributed by atoms with Crippen molar-refractivity contribution in [2.75, 3.05) is 25.6 Å². The summed E-state index contributed by atoms with van der Waals surface area (Å²) in [6.45, 7) is 4.99. The van der Waals surface area contributed by atoms with Crippen molar-refractivity contribution < 1.29 is 4.74 Å². The van der Waals surface area contributed by atoms with E-state index in [4.69, 9.17) is 10.00 Å². The lowest BCUT2D eigenvalue weighted by Crippen LogP contribution is -2.19. The van der Waals surface area contributed by atoms with E-state index in [1.54, 1.807) is 7.11 Å². The van der Waals surface area contributed by atoms with Gasteiger partial charge in [-0.3, -0.25) is 0 Å². The lowest BCUT2D eigenvalue weighted by atomic mass is 9.89. The third-order valence-corrected chi connectivity index (χ3v) is 3.34. The first-order valence-electron chi connectivity index (χ1n) is 6.75. The molecule has 0 heterocycles. The Morgan fingerprint density at radius 3 is 2.68 bits per heavy atom. The second-order valence-electron chi connectivity index (χ2n) is 5.58. The number of nitrogens with zero attached hydrogens (tertiary/aromatic N) is 2. The van der Waals surface area contributed by atoms with E-state index in [1.165, 1.54) is 5.69 Å². The molecule has 1 rings (SSSR count). The zero-order chi connectivity index (χ0) is 14.3. The molecule has 0 aliphatic heterocycles. The van der Waals surface area contributed by atoms with Gasteiger partial charge in [0, 0.05) is 25.3 Å². The predicted octanol–water partition coefficient (Wildman–Crippen LogP) is 3.85. The zero-order valence-corrected chi connectivity index (χ0v) is 12.4. The highest BCUT2D eigenvalue weighted by Gasteiger charge is 2.15. The van der Waals surface area contributed by atoms with Crippen molar-refractivity contribution in [2.24, 2.45) is 5.41 Å². The van der Waals surface area contributed by atoms with Gasteiger partial charge in [0.05, 0.1) is 18.6 Å². The largest absolute Gasteiger partial charge is 0.497 e. The number of methoxy groups -OCH3 is 1. The van der Waals surface area contributed by atoms with Crippen molar-refractivity contribution in [1.29, 1.82) is 5.26 Å². The van der Waals surface area contributed by atoms with E-state index in [1.807, 2.05) is 32.0 Å². The fourth-order valence-electron chi connectivity index (χ4n) is 1.95. The van der Waals surface area contributed by atoms with Crippen LogP contribution < -0.4 is 9.64 Å². The second kappa shape index (κ2) is 7.04. The van der Waals surface area contributed by atoms with Crippen LogP contribution in [0, 0.1) is 16.7 Å². The summed E-state index contributed by atoms with van der Waals surface area (Å²) >= 11 is 0. The molecular weight excluding hydrogens is 236 g/mol. The van der Waals surface area contributed by atoms with Crippen LogP contribution >= 0.6 is 0 Å². The lowest BCUT2D eigenvalue weighted by molar-refractivity contribution is 0.414. The minimum absolute atomic E-state index is 0.200. The Morgan fingerprint density at radius 1 is 1.32 bits per heavy atom. The molecule has 104 valence electrons. The van der Waals surface area contributed by atoms with E-state index in [0.29, 0.717) is 0 Å². The van der Waals surface area contributed by atoms with Crippen LogP contribution in [-0.2, 0) is 0 Å². The first-order valence-corrected chi connectivity index (χ1v) is 6.75.